The van der Waals surface area contributed by atoms with Crippen LogP contribution >= 0.6 is 0 Å². The highest BCUT2D eigenvalue weighted by Crippen LogP contribution is 2.25. The number of hydrogen-bond donors (Lipinski definition) is 2. The van der Waals surface area contributed by atoms with Crippen molar-refractivity contribution in [3.8, 4) is 5.75 Å². The summed E-state index contributed by atoms with van der Waals surface area (Å²) in [5.41, 5.74) is 1.12. The highest BCUT2D eigenvalue weighted by atomic mass is 16.5. The first-order chi connectivity index (χ1) is 8.19. The van der Waals surface area contributed by atoms with E-state index in [0.717, 1.165) is 11.3 Å². The largest absolute Gasteiger partial charge is 0.491 e. The molecule has 1 aliphatic carbocycles. The number of nitrogens with one attached hydrogen (secondary N) is 1. The Hall–Kier alpha value is -1.06. The fraction of sp³-hybridized carbons (Fsp3) is 0.571. The summed E-state index contributed by atoms with van der Waals surface area (Å²) in [6.45, 7) is 4.17. The molecule has 1 aromatic rings. The van der Waals surface area contributed by atoms with Crippen molar-refractivity contribution in [3.63, 3.8) is 0 Å². The van der Waals surface area contributed by atoms with E-state index >= 15 is 0 Å². The summed E-state index contributed by atoms with van der Waals surface area (Å²) < 4.78 is 5.59. The van der Waals surface area contributed by atoms with Gasteiger partial charge in [-0.2, -0.15) is 0 Å². The fourth-order valence-corrected chi connectivity index (χ4v) is 1.84. The maximum atomic E-state index is 9.38. The van der Waals surface area contributed by atoms with Crippen molar-refractivity contribution in [1.29, 1.82) is 0 Å². The van der Waals surface area contributed by atoms with Crippen molar-refractivity contribution in [2.24, 2.45) is 0 Å². The summed E-state index contributed by atoms with van der Waals surface area (Å²) in [5, 5.41) is 12.8. The molecule has 0 radical (unpaired) electrons. The molecule has 0 aromatic heterocycles. The van der Waals surface area contributed by atoms with Gasteiger partial charge in [-0.15, -0.1) is 0 Å². The van der Waals surface area contributed by atoms with Crippen molar-refractivity contribution in [2.45, 2.75) is 44.9 Å². The molecule has 1 aliphatic rings. The van der Waals surface area contributed by atoms with Crippen LogP contribution in [-0.4, -0.2) is 23.9 Å². The molecule has 1 aromatic carbocycles. The van der Waals surface area contributed by atoms with E-state index in [1.807, 2.05) is 38.1 Å². The van der Waals surface area contributed by atoms with Crippen molar-refractivity contribution >= 4 is 0 Å². The molecule has 3 nitrogen and oxygen atoms in total. The van der Waals surface area contributed by atoms with Gasteiger partial charge in [0.1, 0.15) is 5.75 Å². The number of rotatable bonds is 6. The van der Waals surface area contributed by atoms with Gasteiger partial charge in [-0.25, -0.2) is 0 Å². The topological polar surface area (TPSA) is 41.5 Å². The van der Waals surface area contributed by atoms with Crippen LogP contribution in [-0.2, 0) is 0 Å². The van der Waals surface area contributed by atoms with Crippen LogP contribution in [0.5, 0.6) is 5.75 Å². The van der Waals surface area contributed by atoms with Crippen molar-refractivity contribution in [1.82, 2.24) is 5.32 Å². The van der Waals surface area contributed by atoms with E-state index in [1.165, 1.54) is 12.8 Å². The zero-order valence-corrected chi connectivity index (χ0v) is 10.5. The maximum Gasteiger partial charge on any atom is 0.119 e. The molecule has 94 valence electrons. The lowest BCUT2D eigenvalue weighted by atomic mass is 10.1. The molecule has 2 rings (SSSR count). The zero-order chi connectivity index (χ0) is 12.3. The first-order valence-corrected chi connectivity index (χ1v) is 6.32. The average Bonchev–Trinajstić information content (AvgIpc) is 3.10. The molecule has 0 saturated heterocycles. The molecule has 1 saturated carbocycles. The molecule has 17 heavy (non-hydrogen) atoms. The van der Waals surface area contributed by atoms with Crippen molar-refractivity contribution < 1.29 is 9.84 Å². The Kier molecular flexibility index (Phi) is 4.02. The van der Waals surface area contributed by atoms with Crippen LogP contribution in [0.3, 0.4) is 0 Å². The molecular weight excluding hydrogens is 214 g/mol. The van der Waals surface area contributed by atoms with Gasteiger partial charge in [0.2, 0.25) is 0 Å². The first kappa shape index (κ1) is 12.4. The Balaban J connectivity index is 1.99. The second-order valence-electron chi connectivity index (χ2n) is 4.91. The number of hydrogen-bond acceptors (Lipinski definition) is 3. The van der Waals surface area contributed by atoms with Crippen LogP contribution in [0.1, 0.15) is 38.3 Å². The van der Waals surface area contributed by atoms with Crippen LogP contribution in [0.15, 0.2) is 24.3 Å². The van der Waals surface area contributed by atoms with E-state index < -0.39 is 0 Å². The lowest BCUT2D eigenvalue weighted by molar-refractivity contribution is 0.239. The Labute approximate surface area is 103 Å². The number of benzene rings is 1. The van der Waals surface area contributed by atoms with Gasteiger partial charge in [0.05, 0.1) is 18.8 Å². The van der Waals surface area contributed by atoms with Gasteiger partial charge in [-0.3, -0.25) is 0 Å². The predicted molar refractivity (Wildman–Crippen MR) is 68.2 cm³/mol. The van der Waals surface area contributed by atoms with Crippen LogP contribution < -0.4 is 10.1 Å². The Morgan fingerprint density at radius 1 is 1.29 bits per heavy atom. The summed E-state index contributed by atoms with van der Waals surface area (Å²) >= 11 is 0. The predicted octanol–water partition coefficient (Wildman–Crippen LogP) is 2.26. The minimum Gasteiger partial charge on any atom is -0.491 e. The first-order valence-electron chi connectivity index (χ1n) is 6.32. The second kappa shape index (κ2) is 5.52. The standard InChI is InChI=1S/C14H21NO2/c1-10(2)17-13-7-3-11(4-8-13)14(9-16)15-12-5-6-12/h3-4,7-8,10,12,14-16H,5-6,9H2,1-2H3. The van der Waals surface area contributed by atoms with E-state index in [2.05, 4.69) is 5.32 Å². The third kappa shape index (κ3) is 3.72. The van der Waals surface area contributed by atoms with Crippen LogP contribution in [0.4, 0.5) is 0 Å². The fourth-order valence-electron chi connectivity index (χ4n) is 1.84. The van der Waals surface area contributed by atoms with Crippen molar-refractivity contribution in [2.75, 3.05) is 6.61 Å². The van der Waals surface area contributed by atoms with Crippen LogP contribution in [0.2, 0.25) is 0 Å². The summed E-state index contributed by atoms with van der Waals surface area (Å²) in [5.74, 6) is 0.881. The van der Waals surface area contributed by atoms with Crippen molar-refractivity contribution in [3.05, 3.63) is 29.8 Å². The van der Waals surface area contributed by atoms with Gasteiger partial charge in [0, 0.05) is 6.04 Å². The lowest BCUT2D eigenvalue weighted by Gasteiger charge is -2.17. The van der Waals surface area contributed by atoms with E-state index in [4.69, 9.17) is 4.74 Å². The number of ether oxygens (including phenoxy) is 1. The van der Waals surface area contributed by atoms with Gasteiger partial charge in [-0.05, 0) is 44.4 Å². The summed E-state index contributed by atoms with van der Waals surface area (Å²) in [6, 6.07) is 8.62. The zero-order valence-electron chi connectivity index (χ0n) is 10.5. The summed E-state index contributed by atoms with van der Waals surface area (Å²) in [7, 11) is 0. The molecule has 1 atom stereocenters. The summed E-state index contributed by atoms with van der Waals surface area (Å²) in [6.07, 6.45) is 2.65. The van der Waals surface area contributed by atoms with Gasteiger partial charge in [0.25, 0.3) is 0 Å². The number of aliphatic hydroxyl groups excluding tert-OH is 1. The lowest BCUT2D eigenvalue weighted by Crippen LogP contribution is -2.26. The molecule has 3 heteroatoms. The third-order valence-corrected chi connectivity index (χ3v) is 2.85. The Morgan fingerprint density at radius 2 is 1.94 bits per heavy atom. The number of aliphatic hydroxyl groups is 1. The Morgan fingerprint density at radius 3 is 2.41 bits per heavy atom. The van der Waals surface area contributed by atoms with E-state index in [1.54, 1.807) is 0 Å². The normalized spacial score (nSPS) is 17.2. The molecule has 0 amide bonds. The van der Waals surface area contributed by atoms with Gasteiger partial charge in [-0.1, -0.05) is 12.1 Å². The van der Waals surface area contributed by atoms with Gasteiger partial charge >= 0.3 is 0 Å². The van der Waals surface area contributed by atoms with E-state index in [0.29, 0.717) is 6.04 Å². The second-order valence-corrected chi connectivity index (χ2v) is 4.91. The minimum absolute atomic E-state index is 0.0515. The highest BCUT2D eigenvalue weighted by molar-refractivity contribution is 5.29. The molecule has 0 heterocycles. The molecule has 1 unspecified atom stereocenters. The monoisotopic (exact) mass is 235 g/mol. The van der Waals surface area contributed by atoms with Gasteiger partial charge in [0.15, 0.2) is 0 Å². The minimum atomic E-state index is 0.0515. The molecule has 1 fully saturated rings. The molecule has 0 aliphatic heterocycles. The quantitative estimate of drug-likeness (QED) is 0.794. The average molecular weight is 235 g/mol. The van der Waals surface area contributed by atoms with Gasteiger partial charge < -0.3 is 15.2 Å². The van der Waals surface area contributed by atoms with E-state index in [9.17, 15) is 5.11 Å². The van der Waals surface area contributed by atoms with Crippen LogP contribution in [0.25, 0.3) is 0 Å². The molecule has 0 spiro atoms. The highest BCUT2D eigenvalue weighted by Gasteiger charge is 2.24. The SMILES string of the molecule is CC(C)Oc1ccc(C(CO)NC2CC2)cc1. The molecule has 2 N–H and O–H groups in total. The smallest absolute Gasteiger partial charge is 0.119 e. The Bertz CT molecular complexity index is 344. The van der Waals surface area contributed by atoms with E-state index in [-0.39, 0.29) is 18.8 Å². The molecular formula is C14H21NO2. The summed E-state index contributed by atoms with van der Waals surface area (Å²) in [4.78, 5) is 0. The van der Waals surface area contributed by atoms with Crippen LogP contribution in [0, 0.1) is 0 Å². The maximum absolute atomic E-state index is 9.38. The molecule has 0 bridgehead atoms. The third-order valence-electron chi connectivity index (χ3n) is 2.85.